The van der Waals surface area contributed by atoms with E-state index < -0.39 is 0 Å². The summed E-state index contributed by atoms with van der Waals surface area (Å²) in [6.45, 7) is 2.57. The van der Waals surface area contributed by atoms with Crippen LogP contribution in [0.25, 0.3) is 10.8 Å². The molecule has 1 amide bonds. The zero-order valence-electron chi connectivity index (χ0n) is 15.1. The van der Waals surface area contributed by atoms with Gasteiger partial charge in [-0.05, 0) is 66.3 Å². The van der Waals surface area contributed by atoms with E-state index in [2.05, 4.69) is 53.8 Å². The number of rotatable bonds is 5. The van der Waals surface area contributed by atoms with Gasteiger partial charge in [-0.15, -0.1) is 0 Å². The Hall–Kier alpha value is -2.65. The van der Waals surface area contributed by atoms with Crippen LogP contribution >= 0.6 is 0 Å². The number of nitrogens with one attached hydrogen (secondary N) is 1. The Balaban J connectivity index is 1.66. The number of carbonyl (C=O) groups is 1. The summed E-state index contributed by atoms with van der Waals surface area (Å²) < 4.78 is 0. The molecule has 4 rings (SSSR count). The van der Waals surface area contributed by atoms with E-state index in [4.69, 9.17) is 5.73 Å². The van der Waals surface area contributed by atoms with Gasteiger partial charge in [0.15, 0.2) is 0 Å². The number of aryl methyl sites for hydroxylation is 1. The second kappa shape index (κ2) is 6.58. The van der Waals surface area contributed by atoms with Crippen LogP contribution in [0.2, 0.25) is 0 Å². The first-order chi connectivity index (χ1) is 12.6. The van der Waals surface area contributed by atoms with Gasteiger partial charge in [0.05, 0.1) is 5.54 Å². The quantitative estimate of drug-likeness (QED) is 0.733. The van der Waals surface area contributed by atoms with Crippen LogP contribution in [0.1, 0.15) is 39.9 Å². The minimum absolute atomic E-state index is 0.00630. The molecule has 3 nitrogen and oxygen atoms in total. The first-order valence-corrected chi connectivity index (χ1v) is 9.23. The average molecular weight is 344 g/mol. The molecule has 0 radical (unpaired) electrons. The third kappa shape index (κ3) is 2.99. The van der Waals surface area contributed by atoms with E-state index in [9.17, 15) is 4.79 Å². The maximum atomic E-state index is 13.0. The van der Waals surface area contributed by atoms with Crippen molar-refractivity contribution in [1.82, 2.24) is 5.32 Å². The number of amides is 1. The number of nitrogens with two attached hydrogens (primary N) is 1. The van der Waals surface area contributed by atoms with Crippen LogP contribution in [0.4, 0.5) is 0 Å². The number of fused-ring (bicyclic) bond motifs is 1. The topological polar surface area (TPSA) is 55.1 Å². The fraction of sp³-hybridized carbons (Fsp3) is 0.261. The molecule has 0 bridgehead atoms. The standard InChI is InChI=1S/C23H24N2O/c1-16-9-10-17(11-14-24)15-20(16)22(26)25-23(12-13-23)21-8-4-6-18-5-2-3-7-19(18)21/h2-10,15H,11-14,24H2,1H3,(H,25,26). The Labute approximate surface area is 154 Å². The van der Waals surface area contributed by atoms with Gasteiger partial charge in [0.1, 0.15) is 0 Å². The van der Waals surface area contributed by atoms with Gasteiger partial charge >= 0.3 is 0 Å². The van der Waals surface area contributed by atoms with Crippen LogP contribution in [0, 0.1) is 6.92 Å². The fourth-order valence-electron chi connectivity index (χ4n) is 3.75. The number of carbonyl (C=O) groups excluding carboxylic acids is 1. The molecule has 3 aromatic carbocycles. The van der Waals surface area contributed by atoms with Crippen LogP contribution in [0.15, 0.2) is 60.7 Å². The van der Waals surface area contributed by atoms with E-state index >= 15 is 0 Å². The molecule has 3 aromatic rings. The lowest BCUT2D eigenvalue weighted by Gasteiger charge is -2.21. The van der Waals surface area contributed by atoms with Crippen molar-refractivity contribution in [3.8, 4) is 0 Å². The van der Waals surface area contributed by atoms with Crippen LogP contribution in [0.5, 0.6) is 0 Å². The first kappa shape index (κ1) is 16.8. The third-order valence-electron chi connectivity index (χ3n) is 5.39. The molecular weight excluding hydrogens is 320 g/mol. The second-order valence-electron chi connectivity index (χ2n) is 7.25. The van der Waals surface area contributed by atoms with Gasteiger partial charge in [0, 0.05) is 5.56 Å². The third-order valence-corrected chi connectivity index (χ3v) is 5.39. The van der Waals surface area contributed by atoms with Crippen molar-refractivity contribution in [3.05, 3.63) is 82.9 Å². The summed E-state index contributed by atoms with van der Waals surface area (Å²) in [5.74, 6) is 0.00630. The smallest absolute Gasteiger partial charge is 0.252 e. The van der Waals surface area contributed by atoms with E-state index in [0.717, 1.165) is 36.0 Å². The number of benzene rings is 3. The van der Waals surface area contributed by atoms with E-state index in [0.29, 0.717) is 6.54 Å². The van der Waals surface area contributed by atoms with Crippen LogP contribution in [-0.4, -0.2) is 12.5 Å². The maximum Gasteiger partial charge on any atom is 0.252 e. The Morgan fingerprint density at radius 2 is 1.85 bits per heavy atom. The van der Waals surface area contributed by atoms with Gasteiger partial charge in [0.25, 0.3) is 5.91 Å². The molecule has 1 fully saturated rings. The summed E-state index contributed by atoms with van der Waals surface area (Å²) in [6, 6.07) is 20.8. The molecule has 0 aliphatic heterocycles. The normalized spacial score (nSPS) is 15.0. The highest BCUT2D eigenvalue weighted by Gasteiger charge is 2.46. The summed E-state index contributed by atoms with van der Waals surface area (Å²) in [4.78, 5) is 13.0. The van der Waals surface area contributed by atoms with E-state index in [1.807, 2.05) is 19.1 Å². The lowest BCUT2D eigenvalue weighted by Crippen LogP contribution is -2.35. The van der Waals surface area contributed by atoms with Gasteiger partial charge in [-0.2, -0.15) is 0 Å². The predicted molar refractivity (Wildman–Crippen MR) is 106 cm³/mol. The molecule has 26 heavy (non-hydrogen) atoms. The molecule has 1 saturated carbocycles. The fourth-order valence-corrected chi connectivity index (χ4v) is 3.75. The van der Waals surface area contributed by atoms with Crippen molar-refractivity contribution in [1.29, 1.82) is 0 Å². The maximum absolute atomic E-state index is 13.0. The minimum atomic E-state index is -0.242. The van der Waals surface area contributed by atoms with Crippen molar-refractivity contribution in [2.45, 2.75) is 31.7 Å². The Bertz CT molecular complexity index is 968. The molecule has 0 unspecified atom stereocenters. The molecule has 1 aliphatic carbocycles. The van der Waals surface area contributed by atoms with Crippen LogP contribution < -0.4 is 11.1 Å². The van der Waals surface area contributed by atoms with Crippen molar-refractivity contribution in [3.63, 3.8) is 0 Å². The predicted octanol–water partition coefficient (Wildman–Crippen LogP) is 4.07. The van der Waals surface area contributed by atoms with Crippen molar-refractivity contribution in [2.75, 3.05) is 6.54 Å². The SMILES string of the molecule is Cc1ccc(CCN)cc1C(=O)NC1(c2cccc3ccccc23)CC1. The monoisotopic (exact) mass is 344 g/mol. The Kier molecular flexibility index (Phi) is 4.25. The van der Waals surface area contributed by atoms with Gasteiger partial charge in [0.2, 0.25) is 0 Å². The van der Waals surface area contributed by atoms with E-state index in [1.165, 1.54) is 16.3 Å². The van der Waals surface area contributed by atoms with Gasteiger partial charge in [-0.3, -0.25) is 4.79 Å². The highest BCUT2D eigenvalue weighted by atomic mass is 16.1. The molecule has 0 aromatic heterocycles. The molecule has 0 atom stereocenters. The molecule has 0 saturated heterocycles. The lowest BCUT2D eigenvalue weighted by molar-refractivity contribution is 0.0930. The zero-order chi connectivity index (χ0) is 18.1. The summed E-state index contributed by atoms with van der Waals surface area (Å²) in [5.41, 5.74) is 9.50. The molecule has 3 N–H and O–H groups in total. The largest absolute Gasteiger partial charge is 0.342 e. The molecular formula is C23H24N2O. The second-order valence-corrected chi connectivity index (χ2v) is 7.25. The number of hydrogen-bond acceptors (Lipinski definition) is 2. The minimum Gasteiger partial charge on any atom is -0.342 e. The van der Waals surface area contributed by atoms with Gasteiger partial charge < -0.3 is 11.1 Å². The molecule has 1 aliphatic rings. The molecule has 132 valence electrons. The molecule has 0 heterocycles. The summed E-state index contributed by atoms with van der Waals surface area (Å²) in [7, 11) is 0. The first-order valence-electron chi connectivity index (χ1n) is 9.23. The zero-order valence-corrected chi connectivity index (χ0v) is 15.1. The lowest BCUT2D eigenvalue weighted by atomic mass is 9.96. The van der Waals surface area contributed by atoms with Gasteiger partial charge in [-0.25, -0.2) is 0 Å². The summed E-state index contributed by atoms with van der Waals surface area (Å²) >= 11 is 0. The Morgan fingerprint density at radius 1 is 1.08 bits per heavy atom. The highest BCUT2D eigenvalue weighted by molar-refractivity contribution is 5.97. The van der Waals surface area contributed by atoms with Crippen LogP contribution in [0.3, 0.4) is 0 Å². The van der Waals surface area contributed by atoms with Crippen LogP contribution in [-0.2, 0) is 12.0 Å². The van der Waals surface area contributed by atoms with E-state index in [1.54, 1.807) is 0 Å². The highest BCUT2D eigenvalue weighted by Crippen LogP contribution is 2.48. The van der Waals surface area contributed by atoms with Crippen molar-refractivity contribution < 1.29 is 4.79 Å². The van der Waals surface area contributed by atoms with Crippen molar-refractivity contribution >= 4 is 16.7 Å². The van der Waals surface area contributed by atoms with Gasteiger partial charge in [-0.1, -0.05) is 54.6 Å². The summed E-state index contributed by atoms with van der Waals surface area (Å²) in [6.07, 6.45) is 2.75. The summed E-state index contributed by atoms with van der Waals surface area (Å²) in [5, 5.41) is 5.77. The molecule has 3 heteroatoms. The number of hydrogen-bond donors (Lipinski definition) is 2. The van der Waals surface area contributed by atoms with Crippen molar-refractivity contribution in [2.24, 2.45) is 5.73 Å². The molecule has 0 spiro atoms. The Morgan fingerprint density at radius 3 is 2.62 bits per heavy atom. The average Bonchev–Trinajstić information content (AvgIpc) is 3.43. The van der Waals surface area contributed by atoms with E-state index in [-0.39, 0.29) is 11.4 Å².